The third-order valence-corrected chi connectivity index (χ3v) is 4.79. The molecular weight excluding hydrogens is 381 g/mol. The summed E-state index contributed by atoms with van der Waals surface area (Å²) in [5, 5.41) is 12.0. The Balaban J connectivity index is 1.64. The molecule has 1 aromatic rings. The van der Waals surface area contributed by atoms with Crippen molar-refractivity contribution < 1.29 is 14.2 Å². The largest absolute Gasteiger partial charge is 0.498 e. The van der Waals surface area contributed by atoms with E-state index in [4.69, 9.17) is 14.8 Å². The van der Waals surface area contributed by atoms with Crippen LogP contribution in [0.3, 0.4) is 0 Å². The van der Waals surface area contributed by atoms with Gasteiger partial charge in [0.25, 0.3) is 0 Å². The summed E-state index contributed by atoms with van der Waals surface area (Å²) in [6.07, 6.45) is 12.9. The number of hydrogen-bond donors (Lipinski definition) is 2. The van der Waals surface area contributed by atoms with Crippen LogP contribution in [0.5, 0.6) is 0 Å². The molecule has 0 bridgehead atoms. The van der Waals surface area contributed by atoms with Gasteiger partial charge in [0.1, 0.15) is 5.83 Å². The number of ether oxygens (including phenoxy) is 1. The standard InChI is InChI=1S/C24H28FN3O2/c1-18-7-5-8-21(15-18)27-24-26-12-6-9-23(28-24)19-10-11-22(17-20(25)16-19)30-14-4-2-3-13-29/h2-3,5-8,12,15-17,19,29H,4,9-11,13-14H2,1H3,(H,26,27)/b3-2+. The maximum Gasteiger partial charge on any atom is 0.227 e. The molecule has 1 heterocycles. The zero-order valence-corrected chi connectivity index (χ0v) is 17.2. The topological polar surface area (TPSA) is 66.2 Å². The number of rotatable bonds is 7. The lowest BCUT2D eigenvalue weighted by atomic mass is 9.95. The van der Waals surface area contributed by atoms with Crippen LogP contribution in [0.1, 0.15) is 31.2 Å². The summed E-state index contributed by atoms with van der Waals surface area (Å²) < 4.78 is 20.2. The minimum absolute atomic E-state index is 0.0162. The van der Waals surface area contributed by atoms with E-state index < -0.39 is 0 Å². The molecule has 1 aliphatic carbocycles. The van der Waals surface area contributed by atoms with Crippen molar-refractivity contribution in [2.24, 2.45) is 15.9 Å². The van der Waals surface area contributed by atoms with Gasteiger partial charge in [-0.2, -0.15) is 0 Å². The number of aryl methyl sites for hydroxylation is 1. The summed E-state index contributed by atoms with van der Waals surface area (Å²) in [4.78, 5) is 9.08. The summed E-state index contributed by atoms with van der Waals surface area (Å²) in [5.41, 5.74) is 2.94. The van der Waals surface area contributed by atoms with Crippen molar-refractivity contribution in [2.75, 3.05) is 18.5 Å². The van der Waals surface area contributed by atoms with Gasteiger partial charge >= 0.3 is 0 Å². The molecule has 1 atom stereocenters. The van der Waals surface area contributed by atoms with Gasteiger partial charge in [0.15, 0.2) is 0 Å². The predicted molar refractivity (Wildman–Crippen MR) is 120 cm³/mol. The van der Waals surface area contributed by atoms with E-state index in [0.717, 1.165) is 23.4 Å². The Kier molecular flexibility index (Phi) is 8.15. The van der Waals surface area contributed by atoms with E-state index in [-0.39, 0.29) is 18.4 Å². The molecule has 5 nitrogen and oxygen atoms in total. The molecule has 158 valence electrons. The van der Waals surface area contributed by atoms with Crippen molar-refractivity contribution in [3.8, 4) is 0 Å². The molecule has 30 heavy (non-hydrogen) atoms. The number of aliphatic hydroxyl groups is 1. The number of guanidine groups is 1. The first-order valence-corrected chi connectivity index (χ1v) is 10.2. The van der Waals surface area contributed by atoms with Crippen LogP contribution in [-0.4, -0.2) is 30.0 Å². The maximum absolute atomic E-state index is 14.5. The Hall–Kier alpha value is -2.99. The second-order valence-electron chi connectivity index (χ2n) is 7.24. The Bertz CT molecular complexity index is 913. The monoisotopic (exact) mass is 409 g/mol. The molecule has 0 aromatic heterocycles. The van der Waals surface area contributed by atoms with Crippen LogP contribution in [0.15, 0.2) is 82.4 Å². The van der Waals surface area contributed by atoms with E-state index in [0.29, 0.717) is 37.6 Å². The first-order chi connectivity index (χ1) is 14.6. The number of benzene rings is 1. The van der Waals surface area contributed by atoms with Crippen LogP contribution in [0.2, 0.25) is 0 Å². The number of aliphatic hydroxyl groups excluding tert-OH is 1. The van der Waals surface area contributed by atoms with Crippen LogP contribution < -0.4 is 5.32 Å². The van der Waals surface area contributed by atoms with Crippen molar-refractivity contribution in [1.29, 1.82) is 0 Å². The summed E-state index contributed by atoms with van der Waals surface area (Å²) >= 11 is 0. The fraction of sp³-hybridized carbons (Fsp3) is 0.333. The van der Waals surface area contributed by atoms with Crippen LogP contribution in [0, 0.1) is 12.8 Å². The zero-order chi connectivity index (χ0) is 21.2. The van der Waals surface area contributed by atoms with E-state index >= 15 is 0 Å². The molecular formula is C24H28FN3O2. The van der Waals surface area contributed by atoms with Gasteiger partial charge in [-0.15, -0.1) is 0 Å². The minimum atomic E-state index is -0.306. The highest BCUT2D eigenvalue weighted by molar-refractivity contribution is 6.05. The highest BCUT2D eigenvalue weighted by Gasteiger charge is 2.20. The molecule has 2 aliphatic rings. The average molecular weight is 410 g/mol. The normalized spacial score (nSPS) is 19.4. The molecule has 3 rings (SSSR count). The maximum atomic E-state index is 14.5. The molecule has 6 heteroatoms. The van der Waals surface area contributed by atoms with E-state index in [1.807, 2.05) is 43.3 Å². The van der Waals surface area contributed by atoms with Gasteiger partial charge < -0.3 is 15.2 Å². The Morgan fingerprint density at radius 3 is 3.07 bits per heavy atom. The lowest BCUT2D eigenvalue weighted by molar-refractivity contribution is 0.205. The zero-order valence-electron chi connectivity index (χ0n) is 17.2. The molecule has 0 amide bonds. The molecule has 0 saturated heterocycles. The summed E-state index contributed by atoms with van der Waals surface area (Å²) in [5.74, 6) is 0.714. The Morgan fingerprint density at radius 1 is 1.33 bits per heavy atom. The average Bonchev–Trinajstić information content (AvgIpc) is 3.06. The molecule has 0 spiro atoms. The van der Waals surface area contributed by atoms with E-state index in [9.17, 15) is 4.39 Å². The van der Waals surface area contributed by atoms with Crippen molar-refractivity contribution in [3.05, 3.63) is 78.0 Å². The molecule has 1 aromatic carbocycles. The molecule has 1 unspecified atom stereocenters. The summed E-state index contributed by atoms with van der Waals surface area (Å²) in [6, 6.07) is 8.00. The number of allylic oxidation sites excluding steroid dienone is 5. The third kappa shape index (κ3) is 6.81. The lowest BCUT2D eigenvalue weighted by Crippen LogP contribution is -2.17. The highest BCUT2D eigenvalue weighted by atomic mass is 19.1. The molecule has 1 aliphatic heterocycles. The molecule has 0 radical (unpaired) electrons. The second-order valence-corrected chi connectivity index (χ2v) is 7.24. The smallest absolute Gasteiger partial charge is 0.227 e. The van der Waals surface area contributed by atoms with E-state index in [1.54, 1.807) is 18.4 Å². The Labute approximate surface area is 177 Å². The van der Waals surface area contributed by atoms with E-state index in [2.05, 4.69) is 10.3 Å². The van der Waals surface area contributed by atoms with Gasteiger partial charge in [-0.3, -0.25) is 0 Å². The van der Waals surface area contributed by atoms with Gasteiger partial charge in [0.2, 0.25) is 5.96 Å². The number of aliphatic imine (C=N–C) groups is 2. The van der Waals surface area contributed by atoms with Gasteiger partial charge in [0.05, 0.1) is 19.0 Å². The minimum Gasteiger partial charge on any atom is -0.498 e. The summed E-state index contributed by atoms with van der Waals surface area (Å²) in [7, 11) is 0. The first-order valence-electron chi connectivity index (χ1n) is 10.2. The van der Waals surface area contributed by atoms with Crippen molar-refractivity contribution in [2.45, 2.75) is 32.6 Å². The number of nitrogens with one attached hydrogen (secondary N) is 1. The molecule has 0 fully saturated rings. The third-order valence-electron chi connectivity index (χ3n) is 4.79. The van der Waals surface area contributed by atoms with Crippen LogP contribution in [0.25, 0.3) is 0 Å². The van der Waals surface area contributed by atoms with E-state index in [1.165, 1.54) is 6.08 Å². The fourth-order valence-electron chi connectivity index (χ4n) is 3.33. The Morgan fingerprint density at radius 2 is 2.23 bits per heavy atom. The number of nitrogens with zero attached hydrogens (tertiary/aromatic N) is 2. The van der Waals surface area contributed by atoms with Gasteiger partial charge in [-0.25, -0.2) is 14.4 Å². The quantitative estimate of drug-likeness (QED) is 0.479. The second kappa shape index (κ2) is 11.3. The number of hydrogen-bond acceptors (Lipinski definition) is 5. The van der Waals surface area contributed by atoms with Crippen LogP contribution in [-0.2, 0) is 4.74 Å². The van der Waals surface area contributed by atoms with Gasteiger partial charge in [-0.1, -0.05) is 30.4 Å². The molecule has 0 saturated carbocycles. The van der Waals surface area contributed by atoms with Gasteiger partial charge in [-0.05, 0) is 43.5 Å². The summed E-state index contributed by atoms with van der Waals surface area (Å²) in [6.45, 7) is 2.51. The van der Waals surface area contributed by atoms with Crippen LogP contribution >= 0.6 is 0 Å². The first kappa shape index (κ1) is 21.7. The van der Waals surface area contributed by atoms with Crippen molar-refractivity contribution >= 4 is 17.4 Å². The lowest BCUT2D eigenvalue weighted by Gasteiger charge is -2.15. The van der Waals surface area contributed by atoms with Crippen molar-refractivity contribution in [1.82, 2.24) is 0 Å². The fourth-order valence-corrected chi connectivity index (χ4v) is 3.33. The van der Waals surface area contributed by atoms with Crippen molar-refractivity contribution in [3.63, 3.8) is 0 Å². The highest BCUT2D eigenvalue weighted by Crippen LogP contribution is 2.26. The van der Waals surface area contributed by atoms with Crippen LogP contribution in [0.4, 0.5) is 10.1 Å². The van der Waals surface area contributed by atoms with Gasteiger partial charge in [0, 0.05) is 42.4 Å². The predicted octanol–water partition coefficient (Wildman–Crippen LogP) is 5.22. The number of anilines is 1. The number of halogens is 1. The molecule has 2 N–H and O–H groups in total. The SMILES string of the molecule is Cc1cccc(NC2=NC=CCC(C3C=C(F)C=C(OCC/C=C/CO)CC3)=N2)c1.